The van der Waals surface area contributed by atoms with Gasteiger partial charge in [-0.05, 0) is 56.8 Å². The van der Waals surface area contributed by atoms with E-state index in [1.54, 1.807) is 16.0 Å². The van der Waals surface area contributed by atoms with Crippen LogP contribution in [0.3, 0.4) is 0 Å². The molecule has 134 valence electrons. The van der Waals surface area contributed by atoms with Crippen molar-refractivity contribution < 1.29 is 9.53 Å². The second kappa shape index (κ2) is 7.09. The summed E-state index contributed by atoms with van der Waals surface area (Å²) in [5.41, 5.74) is 4.75. The molecule has 25 heavy (non-hydrogen) atoms. The van der Waals surface area contributed by atoms with E-state index in [9.17, 15) is 4.79 Å². The zero-order chi connectivity index (χ0) is 18.1. The van der Waals surface area contributed by atoms with Crippen molar-refractivity contribution in [1.82, 2.24) is 14.9 Å². The molecule has 0 bridgehead atoms. The SMILES string of the molecule is COC(=O)c1c(NC(=S)Nn2c(C)nnc2C)sc2c1CCC(C)C2. The summed E-state index contributed by atoms with van der Waals surface area (Å²) < 4.78 is 6.69. The molecule has 9 heteroatoms. The predicted octanol–water partition coefficient (Wildman–Crippen LogP) is 2.81. The number of anilines is 1. The zero-order valence-electron chi connectivity index (χ0n) is 14.7. The molecule has 1 aliphatic rings. The van der Waals surface area contributed by atoms with Gasteiger partial charge in [0, 0.05) is 4.88 Å². The molecule has 0 aliphatic heterocycles. The first kappa shape index (κ1) is 17.8. The molecule has 3 rings (SSSR count). The third kappa shape index (κ3) is 3.52. The highest BCUT2D eigenvalue weighted by Gasteiger charge is 2.28. The van der Waals surface area contributed by atoms with Crippen molar-refractivity contribution in [3.63, 3.8) is 0 Å². The minimum atomic E-state index is -0.325. The molecule has 0 fully saturated rings. The number of hydrogen-bond donors (Lipinski definition) is 2. The number of aryl methyl sites for hydroxylation is 2. The fourth-order valence-corrected chi connectivity index (χ4v) is 4.68. The molecule has 0 amide bonds. The van der Waals surface area contributed by atoms with Crippen LogP contribution in [-0.2, 0) is 17.6 Å². The molecule has 1 unspecified atom stereocenters. The van der Waals surface area contributed by atoms with Gasteiger partial charge in [0.2, 0.25) is 0 Å². The van der Waals surface area contributed by atoms with E-state index in [4.69, 9.17) is 17.0 Å². The van der Waals surface area contributed by atoms with E-state index >= 15 is 0 Å². The molecule has 2 aromatic heterocycles. The number of methoxy groups -OCH3 is 1. The van der Waals surface area contributed by atoms with Crippen molar-refractivity contribution in [2.24, 2.45) is 5.92 Å². The number of ether oxygens (including phenoxy) is 1. The van der Waals surface area contributed by atoms with Gasteiger partial charge in [-0.1, -0.05) is 6.92 Å². The second-order valence-electron chi connectivity index (χ2n) is 6.24. The lowest BCUT2D eigenvalue weighted by atomic mass is 9.88. The Morgan fingerprint density at radius 3 is 2.68 bits per heavy atom. The van der Waals surface area contributed by atoms with Crippen LogP contribution in [0.5, 0.6) is 0 Å². The number of esters is 1. The van der Waals surface area contributed by atoms with Gasteiger partial charge >= 0.3 is 5.97 Å². The summed E-state index contributed by atoms with van der Waals surface area (Å²) in [7, 11) is 1.40. The van der Waals surface area contributed by atoms with Gasteiger partial charge in [0.05, 0.1) is 12.7 Å². The first-order chi connectivity index (χ1) is 11.9. The molecule has 2 heterocycles. The maximum Gasteiger partial charge on any atom is 0.341 e. The maximum absolute atomic E-state index is 12.3. The Morgan fingerprint density at radius 2 is 2.04 bits per heavy atom. The number of carbonyl (C=O) groups excluding carboxylic acids is 1. The monoisotopic (exact) mass is 379 g/mol. The van der Waals surface area contributed by atoms with Crippen LogP contribution in [-0.4, -0.2) is 33.1 Å². The molecule has 0 saturated carbocycles. The van der Waals surface area contributed by atoms with E-state index in [1.165, 1.54) is 12.0 Å². The third-order valence-electron chi connectivity index (χ3n) is 4.33. The Morgan fingerprint density at radius 1 is 1.36 bits per heavy atom. The quantitative estimate of drug-likeness (QED) is 0.627. The summed E-state index contributed by atoms with van der Waals surface area (Å²) >= 11 is 6.98. The molecule has 7 nitrogen and oxygen atoms in total. The summed E-state index contributed by atoms with van der Waals surface area (Å²) in [5.74, 6) is 1.70. The fourth-order valence-electron chi connectivity index (χ4n) is 3.02. The minimum Gasteiger partial charge on any atom is -0.465 e. The van der Waals surface area contributed by atoms with Gasteiger partial charge in [-0.15, -0.1) is 21.5 Å². The molecule has 0 spiro atoms. The normalized spacial score (nSPS) is 16.2. The summed E-state index contributed by atoms with van der Waals surface area (Å²) in [5, 5.41) is 12.2. The molecule has 0 saturated heterocycles. The van der Waals surface area contributed by atoms with Gasteiger partial charge in [-0.25, -0.2) is 9.47 Å². The Hall–Kier alpha value is -2.00. The number of nitrogens with zero attached hydrogens (tertiary/aromatic N) is 3. The lowest BCUT2D eigenvalue weighted by molar-refractivity contribution is 0.0601. The molecule has 0 aromatic carbocycles. The van der Waals surface area contributed by atoms with Gasteiger partial charge in [-0.2, -0.15) is 0 Å². The highest BCUT2D eigenvalue weighted by molar-refractivity contribution is 7.80. The summed E-state index contributed by atoms with van der Waals surface area (Å²) in [6.07, 6.45) is 2.95. The van der Waals surface area contributed by atoms with Crippen molar-refractivity contribution in [3.8, 4) is 0 Å². The molecular weight excluding hydrogens is 358 g/mol. The molecular formula is C16H21N5O2S2. The topological polar surface area (TPSA) is 81.1 Å². The van der Waals surface area contributed by atoms with E-state index in [2.05, 4.69) is 27.9 Å². The zero-order valence-corrected chi connectivity index (χ0v) is 16.3. The number of aromatic nitrogens is 3. The van der Waals surface area contributed by atoms with Gasteiger partial charge in [0.25, 0.3) is 0 Å². The molecule has 1 aliphatic carbocycles. The Labute approximate surface area is 155 Å². The highest BCUT2D eigenvalue weighted by atomic mass is 32.1. The molecule has 2 aromatic rings. The Balaban J connectivity index is 1.86. The van der Waals surface area contributed by atoms with Crippen molar-refractivity contribution in [2.75, 3.05) is 17.9 Å². The van der Waals surface area contributed by atoms with Crippen LogP contribution in [0.1, 0.15) is 45.8 Å². The lowest BCUT2D eigenvalue weighted by Crippen LogP contribution is -2.29. The van der Waals surface area contributed by atoms with E-state index in [0.717, 1.165) is 29.8 Å². The number of hydrogen-bond acceptors (Lipinski definition) is 6. The van der Waals surface area contributed by atoms with E-state index in [1.807, 2.05) is 13.8 Å². The number of thiocarbonyl (C=S) groups is 1. The van der Waals surface area contributed by atoms with Crippen molar-refractivity contribution in [2.45, 2.75) is 40.0 Å². The number of fused-ring (bicyclic) bond motifs is 1. The third-order valence-corrected chi connectivity index (χ3v) is 5.69. The van der Waals surface area contributed by atoms with E-state index in [0.29, 0.717) is 28.2 Å². The van der Waals surface area contributed by atoms with E-state index < -0.39 is 0 Å². The second-order valence-corrected chi connectivity index (χ2v) is 7.76. The van der Waals surface area contributed by atoms with Crippen LogP contribution in [0.25, 0.3) is 0 Å². The summed E-state index contributed by atoms with van der Waals surface area (Å²) in [4.78, 5) is 13.5. The molecule has 2 N–H and O–H groups in total. The van der Waals surface area contributed by atoms with Crippen molar-refractivity contribution >= 4 is 39.6 Å². The van der Waals surface area contributed by atoms with Gasteiger partial charge in [-0.3, -0.25) is 5.43 Å². The number of nitrogens with one attached hydrogen (secondary N) is 2. The maximum atomic E-state index is 12.3. The molecule has 1 atom stereocenters. The van der Waals surface area contributed by atoms with Crippen LogP contribution >= 0.6 is 23.6 Å². The summed E-state index contributed by atoms with van der Waals surface area (Å²) in [6.45, 7) is 5.90. The first-order valence-corrected chi connectivity index (χ1v) is 9.32. The summed E-state index contributed by atoms with van der Waals surface area (Å²) in [6, 6.07) is 0. The highest BCUT2D eigenvalue weighted by Crippen LogP contribution is 2.40. The van der Waals surface area contributed by atoms with Gasteiger partial charge < -0.3 is 10.1 Å². The lowest BCUT2D eigenvalue weighted by Gasteiger charge is -2.18. The largest absolute Gasteiger partial charge is 0.465 e. The van der Waals surface area contributed by atoms with E-state index in [-0.39, 0.29) is 5.97 Å². The molecule has 0 radical (unpaired) electrons. The Bertz CT molecular complexity index is 807. The standard InChI is InChI=1S/C16H21N5O2S2/c1-8-5-6-11-12(7-8)25-14(13(11)15(22)23-4)17-16(24)20-21-9(2)18-19-10(21)3/h8H,5-7H2,1-4H3,(H2,17,20,24). The predicted molar refractivity (Wildman–Crippen MR) is 102 cm³/mol. The van der Waals surface area contributed by atoms with Crippen molar-refractivity contribution in [1.29, 1.82) is 0 Å². The fraction of sp³-hybridized carbons (Fsp3) is 0.500. The van der Waals surface area contributed by atoms with Crippen LogP contribution < -0.4 is 10.7 Å². The van der Waals surface area contributed by atoms with Crippen LogP contribution in [0.4, 0.5) is 5.00 Å². The van der Waals surface area contributed by atoms with Gasteiger partial charge in [0.1, 0.15) is 16.6 Å². The number of thiophene rings is 1. The van der Waals surface area contributed by atoms with Crippen LogP contribution in [0.2, 0.25) is 0 Å². The average Bonchev–Trinajstić information content (AvgIpc) is 3.07. The van der Waals surface area contributed by atoms with Crippen LogP contribution in [0, 0.1) is 19.8 Å². The minimum absolute atomic E-state index is 0.325. The first-order valence-electron chi connectivity index (χ1n) is 8.10. The van der Waals surface area contributed by atoms with Crippen molar-refractivity contribution in [3.05, 3.63) is 27.7 Å². The van der Waals surface area contributed by atoms with Crippen LogP contribution in [0.15, 0.2) is 0 Å². The Kier molecular flexibility index (Phi) is 5.05. The number of rotatable bonds is 3. The smallest absolute Gasteiger partial charge is 0.341 e. The number of carbonyl (C=O) groups is 1. The average molecular weight is 380 g/mol. The van der Waals surface area contributed by atoms with Gasteiger partial charge in [0.15, 0.2) is 5.11 Å².